The zero-order valence-electron chi connectivity index (χ0n) is 6.91. The molecule has 0 bridgehead atoms. The Morgan fingerprint density at radius 1 is 1.38 bits per heavy atom. The molecule has 0 aliphatic heterocycles. The van der Waals surface area contributed by atoms with Crippen LogP contribution in [0.15, 0.2) is 23.3 Å². The molecule has 0 amide bonds. The van der Waals surface area contributed by atoms with Crippen LogP contribution in [0.5, 0.6) is 0 Å². The topological polar surface area (TPSA) is 48.8 Å². The van der Waals surface area contributed by atoms with E-state index >= 15 is 0 Å². The Balaban J connectivity index is 3.03. The van der Waals surface area contributed by atoms with Crippen LogP contribution in [0.2, 0.25) is 10.0 Å². The molecule has 0 fully saturated rings. The quantitative estimate of drug-likeness (QED) is 0.400. The number of hydrogen-bond donors (Lipinski definition) is 0. The van der Waals surface area contributed by atoms with E-state index in [0.29, 0.717) is 10.0 Å². The zero-order chi connectivity index (χ0) is 9.84. The summed E-state index contributed by atoms with van der Waals surface area (Å²) in [5.41, 5.74) is 9.08. The number of nitrogens with zero attached hydrogens (tertiary/aromatic N) is 3. The third-order valence-corrected chi connectivity index (χ3v) is 2.39. The number of hydrogen-bond acceptors (Lipinski definition) is 1. The van der Waals surface area contributed by atoms with Gasteiger partial charge in [-0.25, -0.2) is 0 Å². The van der Waals surface area contributed by atoms with Gasteiger partial charge in [0.25, 0.3) is 0 Å². The van der Waals surface area contributed by atoms with Crippen molar-refractivity contribution in [1.82, 2.24) is 0 Å². The predicted molar refractivity (Wildman–Crippen MR) is 54.0 cm³/mol. The Hall–Kier alpha value is -0.890. The lowest BCUT2D eigenvalue weighted by molar-refractivity contribution is 0.808. The van der Waals surface area contributed by atoms with Crippen LogP contribution >= 0.6 is 23.2 Å². The van der Waals surface area contributed by atoms with Crippen molar-refractivity contribution >= 4 is 23.2 Å². The van der Waals surface area contributed by atoms with Crippen LogP contribution in [0.4, 0.5) is 0 Å². The lowest BCUT2D eigenvalue weighted by atomic mass is 10.1. The van der Waals surface area contributed by atoms with Crippen molar-refractivity contribution in [2.75, 3.05) is 0 Å². The van der Waals surface area contributed by atoms with Gasteiger partial charge >= 0.3 is 0 Å². The first kappa shape index (κ1) is 10.2. The molecule has 13 heavy (non-hydrogen) atoms. The molecular weight excluding hydrogens is 209 g/mol. The second-order valence-corrected chi connectivity index (χ2v) is 3.37. The van der Waals surface area contributed by atoms with Crippen molar-refractivity contribution in [2.24, 2.45) is 5.11 Å². The van der Waals surface area contributed by atoms with Crippen LogP contribution < -0.4 is 0 Å². The van der Waals surface area contributed by atoms with E-state index in [1.807, 2.05) is 0 Å². The summed E-state index contributed by atoms with van der Waals surface area (Å²) in [7, 11) is 0. The number of rotatable bonds is 2. The van der Waals surface area contributed by atoms with Gasteiger partial charge in [-0.3, -0.25) is 0 Å². The monoisotopic (exact) mass is 215 g/mol. The smallest absolute Gasteiger partial charge is 0.0597 e. The summed E-state index contributed by atoms with van der Waals surface area (Å²) in [5, 5.41) is 4.51. The molecule has 5 heteroatoms. The van der Waals surface area contributed by atoms with E-state index in [9.17, 15) is 0 Å². The molecule has 0 spiro atoms. The highest BCUT2D eigenvalue weighted by Crippen LogP contribution is 2.26. The molecule has 0 heterocycles. The van der Waals surface area contributed by atoms with E-state index in [4.69, 9.17) is 28.7 Å². The Morgan fingerprint density at radius 2 is 2.08 bits per heavy atom. The maximum absolute atomic E-state index is 8.22. The Morgan fingerprint density at radius 3 is 2.62 bits per heavy atom. The SMILES string of the molecule is C[C@@H](N=[N+]=[N-])c1ccc(Cl)c(Cl)c1. The van der Waals surface area contributed by atoms with Crippen LogP contribution in [0, 0.1) is 0 Å². The first-order valence-corrected chi connectivity index (χ1v) is 4.40. The van der Waals surface area contributed by atoms with E-state index in [1.165, 1.54) is 0 Å². The van der Waals surface area contributed by atoms with Crippen molar-refractivity contribution in [3.63, 3.8) is 0 Å². The second kappa shape index (κ2) is 4.38. The Kier molecular flexibility index (Phi) is 3.43. The average molecular weight is 216 g/mol. The van der Waals surface area contributed by atoms with Gasteiger partial charge in [-0.2, -0.15) is 0 Å². The summed E-state index contributed by atoms with van der Waals surface area (Å²) >= 11 is 11.5. The molecule has 0 saturated carbocycles. The van der Waals surface area contributed by atoms with Gasteiger partial charge in [-0.15, -0.1) is 0 Å². The molecule has 1 aromatic rings. The van der Waals surface area contributed by atoms with Crippen molar-refractivity contribution in [2.45, 2.75) is 13.0 Å². The largest absolute Gasteiger partial charge is 0.0862 e. The van der Waals surface area contributed by atoms with E-state index in [0.717, 1.165) is 5.56 Å². The van der Waals surface area contributed by atoms with E-state index < -0.39 is 0 Å². The Bertz CT molecular complexity index is 358. The molecule has 0 aliphatic rings. The van der Waals surface area contributed by atoms with Gasteiger partial charge in [0, 0.05) is 4.91 Å². The fourth-order valence-electron chi connectivity index (χ4n) is 0.916. The van der Waals surface area contributed by atoms with Gasteiger partial charge in [-0.05, 0) is 23.2 Å². The maximum atomic E-state index is 8.22. The predicted octanol–water partition coefficient (Wildman–Crippen LogP) is 4.36. The average Bonchev–Trinajstić information content (AvgIpc) is 2.10. The van der Waals surface area contributed by atoms with Gasteiger partial charge in [0.2, 0.25) is 0 Å². The third-order valence-electron chi connectivity index (χ3n) is 1.65. The standard InChI is InChI=1S/C8H7Cl2N3/c1-5(12-13-11)6-2-3-7(9)8(10)4-6/h2-5H,1H3/t5-/m1/s1. The summed E-state index contributed by atoms with van der Waals surface area (Å²) < 4.78 is 0. The van der Waals surface area contributed by atoms with E-state index in [-0.39, 0.29) is 6.04 Å². The highest BCUT2D eigenvalue weighted by Gasteiger charge is 2.04. The maximum Gasteiger partial charge on any atom is 0.0597 e. The van der Waals surface area contributed by atoms with Crippen molar-refractivity contribution in [3.05, 3.63) is 44.3 Å². The molecule has 3 nitrogen and oxygen atoms in total. The summed E-state index contributed by atoms with van der Waals surface area (Å²) in [4.78, 5) is 2.71. The fourth-order valence-corrected chi connectivity index (χ4v) is 1.22. The lowest BCUT2D eigenvalue weighted by Gasteiger charge is -2.05. The summed E-state index contributed by atoms with van der Waals surface area (Å²) in [6.07, 6.45) is 0. The van der Waals surface area contributed by atoms with Gasteiger partial charge in [0.15, 0.2) is 0 Å². The summed E-state index contributed by atoms with van der Waals surface area (Å²) in [6, 6.07) is 4.94. The summed E-state index contributed by atoms with van der Waals surface area (Å²) in [5.74, 6) is 0. The molecule has 0 unspecified atom stereocenters. The highest BCUT2D eigenvalue weighted by atomic mass is 35.5. The normalized spacial score (nSPS) is 11.9. The van der Waals surface area contributed by atoms with Crippen LogP contribution in [-0.4, -0.2) is 0 Å². The minimum absolute atomic E-state index is 0.222. The van der Waals surface area contributed by atoms with Crippen LogP contribution in [0.3, 0.4) is 0 Å². The van der Waals surface area contributed by atoms with Crippen molar-refractivity contribution < 1.29 is 0 Å². The minimum Gasteiger partial charge on any atom is -0.0862 e. The van der Waals surface area contributed by atoms with Crippen LogP contribution in [-0.2, 0) is 0 Å². The molecule has 68 valence electrons. The second-order valence-electron chi connectivity index (χ2n) is 2.55. The van der Waals surface area contributed by atoms with Crippen LogP contribution in [0.1, 0.15) is 18.5 Å². The molecular formula is C8H7Cl2N3. The molecule has 1 rings (SSSR count). The first-order chi connectivity index (χ1) is 6.15. The van der Waals surface area contributed by atoms with Gasteiger partial charge < -0.3 is 0 Å². The number of azide groups is 1. The lowest BCUT2D eigenvalue weighted by Crippen LogP contribution is -1.87. The number of halogens is 2. The number of benzene rings is 1. The fraction of sp³-hybridized carbons (Fsp3) is 0.250. The zero-order valence-corrected chi connectivity index (χ0v) is 8.42. The molecule has 0 radical (unpaired) electrons. The highest BCUT2D eigenvalue weighted by molar-refractivity contribution is 6.42. The van der Waals surface area contributed by atoms with E-state index in [1.54, 1.807) is 25.1 Å². The molecule has 0 saturated heterocycles. The molecule has 1 atom stereocenters. The van der Waals surface area contributed by atoms with Crippen molar-refractivity contribution in [3.8, 4) is 0 Å². The molecule has 0 aromatic heterocycles. The van der Waals surface area contributed by atoms with Gasteiger partial charge in [0.05, 0.1) is 16.1 Å². The van der Waals surface area contributed by atoms with Gasteiger partial charge in [-0.1, -0.05) is 41.3 Å². The summed E-state index contributed by atoms with van der Waals surface area (Å²) in [6.45, 7) is 1.79. The molecule has 0 N–H and O–H groups in total. The van der Waals surface area contributed by atoms with Crippen molar-refractivity contribution in [1.29, 1.82) is 0 Å². The Labute approximate surface area is 85.9 Å². The molecule has 1 aromatic carbocycles. The van der Waals surface area contributed by atoms with Crippen LogP contribution in [0.25, 0.3) is 10.4 Å². The molecule has 0 aliphatic carbocycles. The third kappa shape index (κ3) is 2.52. The van der Waals surface area contributed by atoms with E-state index in [2.05, 4.69) is 10.0 Å². The first-order valence-electron chi connectivity index (χ1n) is 3.64. The minimum atomic E-state index is -0.222. The van der Waals surface area contributed by atoms with Gasteiger partial charge in [0.1, 0.15) is 0 Å².